The van der Waals surface area contributed by atoms with Crippen molar-refractivity contribution in [1.82, 2.24) is 0 Å². The van der Waals surface area contributed by atoms with Crippen LogP contribution in [0.15, 0.2) is 48.5 Å². The number of ether oxygens (including phenoxy) is 2. The number of rotatable bonds is 7. The highest BCUT2D eigenvalue weighted by molar-refractivity contribution is 7.91. The quantitative estimate of drug-likeness (QED) is 0.745. The molecular formula is C18H19NO6S. The van der Waals surface area contributed by atoms with Crippen molar-refractivity contribution in [2.75, 3.05) is 18.4 Å². The minimum Gasteiger partial charge on any atom is -0.465 e. The van der Waals surface area contributed by atoms with Crippen LogP contribution in [0.1, 0.15) is 33.2 Å². The molecule has 26 heavy (non-hydrogen) atoms. The summed E-state index contributed by atoms with van der Waals surface area (Å²) in [6, 6.07) is 12.3. The van der Waals surface area contributed by atoms with Crippen LogP contribution in [0, 0.1) is 0 Å². The highest BCUT2D eigenvalue weighted by Crippen LogP contribution is 2.19. The zero-order valence-corrected chi connectivity index (χ0v) is 15.2. The number of methoxy groups -OCH3 is 1. The number of carbonyl (C=O) groups is 2. The number of esters is 2. The average molecular weight is 377 g/mol. The number of nitrogens with one attached hydrogen (secondary N) is 1. The lowest BCUT2D eigenvalue weighted by atomic mass is 10.1. The summed E-state index contributed by atoms with van der Waals surface area (Å²) in [6.45, 7) is 1.86. The summed E-state index contributed by atoms with van der Waals surface area (Å²) in [7, 11) is -2.50. The van der Waals surface area contributed by atoms with E-state index in [1.807, 2.05) is 0 Å². The lowest BCUT2D eigenvalue weighted by molar-refractivity contribution is 0.0526. The number of anilines is 1. The van der Waals surface area contributed by atoms with Gasteiger partial charge < -0.3 is 9.47 Å². The summed E-state index contributed by atoms with van der Waals surface area (Å²) in [4.78, 5) is 23.3. The first-order valence-corrected chi connectivity index (χ1v) is 9.45. The summed E-state index contributed by atoms with van der Waals surface area (Å²) in [5.41, 5.74) is 1.10. The fourth-order valence-electron chi connectivity index (χ4n) is 2.24. The minimum absolute atomic E-state index is 0.138. The molecular weight excluding hydrogens is 358 g/mol. The maximum absolute atomic E-state index is 12.4. The van der Waals surface area contributed by atoms with Crippen molar-refractivity contribution in [2.45, 2.75) is 12.7 Å². The Labute approximate surface area is 152 Å². The summed E-state index contributed by atoms with van der Waals surface area (Å²) in [6.07, 6.45) is 0. The Hall–Kier alpha value is -2.87. The van der Waals surface area contributed by atoms with E-state index in [2.05, 4.69) is 9.46 Å². The first kappa shape index (κ1) is 19.5. The molecule has 0 unspecified atom stereocenters. The number of hydrogen-bond donors (Lipinski definition) is 1. The molecule has 0 aliphatic rings. The Balaban J connectivity index is 2.17. The molecule has 0 heterocycles. The topological polar surface area (TPSA) is 98.8 Å². The van der Waals surface area contributed by atoms with E-state index in [-0.39, 0.29) is 23.6 Å². The summed E-state index contributed by atoms with van der Waals surface area (Å²) >= 11 is 0. The molecule has 0 saturated carbocycles. The van der Waals surface area contributed by atoms with Gasteiger partial charge in [0.1, 0.15) is 0 Å². The molecule has 1 N–H and O–H groups in total. The van der Waals surface area contributed by atoms with Crippen molar-refractivity contribution in [3.05, 3.63) is 65.2 Å². The van der Waals surface area contributed by atoms with E-state index >= 15 is 0 Å². The number of hydrogen-bond acceptors (Lipinski definition) is 6. The number of sulfonamides is 1. The van der Waals surface area contributed by atoms with Gasteiger partial charge in [0, 0.05) is 0 Å². The molecule has 0 aromatic heterocycles. The van der Waals surface area contributed by atoms with Crippen LogP contribution in [0.25, 0.3) is 0 Å². The molecule has 138 valence electrons. The second-order valence-corrected chi connectivity index (χ2v) is 7.04. The average Bonchev–Trinajstić information content (AvgIpc) is 2.61. The lowest BCUT2D eigenvalue weighted by Crippen LogP contribution is -2.18. The Bertz CT molecular complexity index is 890. The van der Waals surface area contributed by atoms with Crippen molar-refractivity contribution < 1.29 is 27.5 Å². The molecule has 8 heteroatoms. The first-order chi connectivity index (χ1) is 12.4. The zero-order valence-electron chi connectivity index (χ0n) is 14.4. The van der Waals surface area contributed by atoms with Crippen LogP contribution in [-0.2, 0) is 25.2 Å². The van der Waals surface area contributed by atoms with Crippen molar-refractivity contribution >= 4 is 27.6 Å². The van der Waals surface area contributed by atoms with Gasteiger partial charge in [0.15, 0.2) is 0 Å². The molecule has 0 aliphatic carbocycles. The summed E-state index contributed by atoms with van der Waals surface area (Å²) in [5.74, 6) is -1.42. The molecule has 0 saturated heterocycles. The van der Waals surface area contributed by atoms with Gasteiger partial charge in [0.05, 0.1) is 36.3 Å². The summed E-state index contributed by atoms with van der Waals surface area (Å²) in [5, 5.41) is 0. The largest absolute Gasteiger partial charge is 0.465 e. The molecule has 0 amide bonds. The highest BCUT2D eigenvalue weighted by atomic mass is 32.2. The fourth-order valence-corrected chi connectivity index (χ4v) is 3.45. The molecule has 7 nitrogen and oxygen atoms in total. The maximum Gasteiger partial charge on any atom is 0.340 e. The van der Waals surface area contributed by atoms with E-state index in [1.165, 1.54) is 43.5 Å². The van der Waals surface area contributed by atoms with Gasteiger partial charge >= 0.3 is 11.9 Å². The van der Waals surface area contributed by atoms with Gasteiger partial charge in [-0.25, -0.2) is 18.0 Å². The summed E-state index contributed by atoms with van der Waals surface area (Å²) < 4.78 is 36.8. The first-order valence-electron chi connectivity index (χ1n) is 7.80. The third kappa shape index (κ3) is 5.06. The third-order valence-electron chi connectivity index (χ3n) is 3.42. The van der Waals surface area contributed by atoms with Crippen LogP contribution in [0.3, 0.4) is 0 Å². The van der Waals surface area contributed by atoms with Crippen LogP contribution in [0.5, 0.6) is 0 Å². The number of benzene rings is 2. The Morgan fingerprint density at radius 1 is 1.00 bits per heavy atom. The fraction of sp³-hybridized carbons (Fsp3) is 0.222. The Morgan fingerprint density at radius 3 is 2.27 bits per heavy atom. The van der Waals surface area contributed by atoms with E-state index in [0.29, 0.717) is 11.1 Å². The van der Waals surface area contributed by atoms with E-state index in [9.17, 15) is 18.0 Å². The standard InChI is InChI=1S/C18H19NO6S/c1-3-25-18(21)15-6-4-5-7-16(15)19-26(22,23)12-13-8-10-14(11-9-13)17(20)24-2/h4-11,19H,3,12H2,1-2H3. The van der Waals surface area contributed by atoms with E-state index < -0.39 is 22.0 Å². The second kappa shape index (κ2) is 8.48. The monoisotopic (exact) mass is 377 g/mol. The van der Waals surface area contributed by atoms with Crippen molar-refractivity contribution in [2.24, 2.45) is 0 Å². The van der Waals surface area contributed by atoms with Gasteiger partial charge in [-0.3, -0.25) is 4.72 Å². The predicted molar refractivity (Wildman–Crippen MR) is 96.4 cm³/mol. The van der Waals surface area contributed by atoms with Crippen LogP contribution in [0.2, 0.25) is 0 Å². The third-order valence-corrected chi connectivity index (χ3v) is 4.66. The second-order valence-electron chi connectivity index (χ2n) is 5.32. The zero-order chi connectivity index (χ0) is 19.2. The number of carbonyl (C=O) groups excluding carboxylic acids is 2. The van der Waals surface area contributed by atoms with Gasteiger partial charge in [-0.1, -0.05) is 24.3 Å². The molecule has 0 spiro atoms. The molecule has 0 fully saturated rings. The Kier molecular flexibility index (Phi) is 6.35. The van der Waals surface area contributed by atoms with E-state index in [0.717, 1.165) is 0 Å². The van der Waals surface area contributed by atoms with Gasteiger partial charge in [-0.2, -0.15) is 0 Å². The van der Waals surface area contributed by atoms with E-state index in [1.54, 1.807) is 19.1 Å². The SMILES string of the molecule is CCOC(=O)c1ccccc1NS(=O)(=O)Cc1ccc(C(=O)OC)cc1. The van der Waals surface area contributed by atoms with Crippen LogP contribution in [0.4, 0.5) is 5.69 Å². The lowest BCUT2D eigenvalue weighted by Gasteiger charge is -2.12. The molecule has 0 aliphatic heterocycles. The van der Waals surface area contributed by atoms with Crippen LogP contribution < -0.4 is 4.72 Å². The van der Waals surface area contributed by atoms with Gasteiger partial charge in [-0.15, -0.1) is 0 Å². The maximum atomic E-state index is 12.4. The normalized spacial score (nSPS) is 10.8. The number of para-hydroxylation sites is 1. The molecule has 0 radical (unpaired) electrons. The molecule has 2 aromatic carbocycles. The predicted octanol–water partition coefficient (Wildman–Crippen LogP) is 2.59. The van der Waals surface area contributed by atoms with Gasteiger partial charge in [0.2, 0.25) is 10.0 Å². The van der Waals surface area contributed by atoms with Crippen LogP contribution >= 0.6 is 0 Å². The van der Waals surface area contributed by atoms with Gasteiger partial charge in [-0.05, 0) is 36.8 Å². The molecule has 2 aromatic rings. The van der Waals surface area contributed by atoms with Crippen LogP contribution in [-0.4, -0.2) is 34.1 Å². The smallest absolute Gasteiger partial charge is 0.340 e. The van der Waals surface area contributed by atoms with Crippen molar-refractivity contribution in [3.63, 3.8) is 0 Å². The highest BCUT2D eigenvalue weighted by Gasteiger charge is 2.18. The van der Waals surface area contributed by atoms with Gasteiger partial charge in [0.25, 0.3) is 0 Å². The minimum atomic E-state index is -3.77. The molecule has 0 bridgehead atoms. The molecule has 2 rings (SSSR count). The molecule has 0 atom stereocenters. The Morgan fingerprint density at radius 2 is 1.65 bits per heavy atom. The van der Waals surface area contributed by atoms with Crippen molar-refractivity contribution in [1.29, 1.82) is 0 Å². The van der Waals surface area contributed by atoms with Crippen molar-refractivity contribution in [3.8, 4) is 0 Å². The van der Waals surface area contributed by atoms with E-state index in [4.69, 9.17) is 4.74 Å².